The summed E-state index contributed by atoms with van der Waals surface area (Å²) in [6.07, 6.45) is 2.44. The summed E-state index contributed by atoms with van der Waals surface area (Å²) in [5.41, 5.74) is 3.19. The Morgan fingerprint density at radius 3 is 2.68 bits per heavy atom. The van der Waals surface area contributed by atoms with Crippen molar-refractivity contribution in [3.63, 3.8) is 0 Å². The van der Waals surface area contributed by atoms with Crippen molar-refractivity contribution in [3.8, 4) is 22.6 Å². The minimum absolute atomic E-state index is 0.0367. The minimum atomic E-state index is -0.0367. The monoisotopic (exact) mass is 396 g/mol. The Morgan fingerprint density at radius 2 is 1.92 bits per heavy atom. The SMILES string of the molecule is O=C(NCC1CC1)c1cccc(-c2cc(-c3ccc(Br)cc3)on2)c1. The van der Waals surface area contributed by atoms with Gasteiger partial charge in [0.05, 0.1) is 0 Å². The average molecular weight is 397 g/mol. The molecular weight excluding hydrogens is 380 g/mol. The van der Waals surface area contributed by atoms with Crippen molar-refractivity contribution < 1.29 is 9.32 Å². The van der Waals surface area contributed by atoms with Crippen molar-refractivity contribution in [1.82, 2.24) is 10.5 Å². The molecule has 0 atom stereocenters. The molecule has 0 saturated heterocycles. The Kier molecular flexibility index (Phi) is 4.40. The molecule has 1 aliphatic carbocycles. The minimum Gasteiger partial charge on any atom is -0.356 e. The number of nitrogens with zero attached hydrogens (tertiary/aromatic N) is 1. The summed E-state index contributed by atoms with van der Waals surface area (Å²) in [6.45, 7) is 0.765. The summed E-state index contributed by atoms with van der Waals surface area (Å²) in [7, 11) is 0. The van der Waals surface area contributed by atoms with Crippen LogP contribution in [0.2, 0.25) is 0 Å². The van der Waals surface area contributed by atoms with E-state index in [-0.39, 0.29) is 5.91 Å². The molecule has 126 valence electrons. The number of benzene rings is 2. The van der Waals surface area contributed by atoms with Gasteiger partial charge < -0.3 is 9.84 Å². The first-order chi connectivity index (χ1) is 12.2. The summed E-state index contributed by atoms with van der Waals surface area (Å²) in [5, 5.41) is 7.14. The fourth-order valence-corrected chi connectivity index (χ4v) is 2.91. The molecule has 1 N–H and O–H groups in total. The number of carbonyl (C=O) groups is 1. The van der Waals surface area contributed by atoms with E-state index < -0.39 is 0 Å². The van der Waals surface area contributed by atoms with E-state index in [0.717, 1.165) is 27.8 Å². The normalized spacial score (nSPS) is 13.6. The molecule has 3 aromatic rings. The molecule has 4 nitrogen and oxygen atoms in total. The Labute approximate surface area is 154 Å². The van der Waals surface area contributed by atoms with Gasteiger partial charge in [0.1, 0.15) is 5.69 Å². The second kappa shape index (κ2) is 6.84. The van der Waals surface area contributed by atoms with Gasteiger partial charge in [-0.25, -0.2) is 0 Å². The van der Waals surface area contributed by atoms with Crippen LogP contribution in [0.4, 0.5) is 0 Å². The van der Waals surface area contributed by atoms with Gasteiger partial charge >= 0.3 is 0 Å². The van der Waals surface area contributed by atoms with E-state index in [1.165, 1.54) is 12.8 Å². The maximum Gasteiger partial charge on any atom is 0.251 e. The van der Waals surface area contributed by atoms with Crippen LogP contribution in [0.5, 0.6) is 0 Å². The first-order valence-electron chi connectivity index (χ1n) is 8.30. The van der Waals surface area contributed by atoms with Crippen LogP contribution < -0.4 is 5.32 Å². The second-order valence-electron chi connectivity index (χ2n) is 6.32. The molecule has 1 aromatic heterocycles. The van der Waals surface area contributed by atoms with Crippen LogP contribution in [0, 0.1) is 5.92 Å². The molecule has 0 unspecified atom stereocenters. The Balaban J connectivity index is 1.54. The third-order valence-corrected chi connectivity index (χ3v) is 4.84. The van der Waals surface area contributed by atoms with Crippen LogP contribution in [0.15, 0.2) is 63.6 Å². The highest BCUT2D eigenvalue weighted by Gasteiger charge is 2.22. The van der Waals surface area contributed by atoms with Gasteiger partial charge in [-0.2, -0.15) is 0 Å². The van der Waals surface area contributed by atoms with E-state index in [4.69, 9.17) is 4.52 Å². The van der Waals surface area contributed by atoms with Gasteiger partial charge in [0.15, 0.2) is 5.76 Å². The maximum atomic E-state index is 12.3. The topological polar surface area (TPSA) is 55.1 Å². The predicted molar refractivity (Wildman–Crippen MR) is 100 cm³/mol. The largest absolute Gasteiger partial charge is 0.356 e. The first kappa shape index (κ1) is 16.1. The van der Waals surface area contributed by atoms with Crippen LogP contribution in [0.3, 0.4) is 0 Å². The number of carbonyl (C=O) groups excluding carboxylic acids is 1. The third-order valence-electron chi connectivity index (χ3n) is 4.31. The number of aromatic nitrogens is 1. The molecule has 1 aliphatic rings. The number of hydrogen-bond donors (Lipinski definition) is 1. The van der Waals surface area contributed by atoms with Gasteiger partial charge in [-0.3, -0.25) is 4.79 Å². The number of rotatable bonds is 5. The van der Waals surface area contributed by atoms with Crippen LogP contribution >= 0.6 is 15.9 Å². The number of hydrogen-bond acceptors (Lipinski definition) is 3. The number of nitrogens with one attached hydrogen (secondary N) is 1. The van der Waals surface area contributed by atoms with Crippen LogP contribution in [-0.4, -0.2) is 17.6 Å². The van der Waals surface area contributed by atoms with Crippen molar-refractivity contribution in [2.24, 2.45) is 5.92 Å². The lowest BCUT2D eigenvalue weighted by Gasteiger charge is -2.05. The summed E-state index contributed by atoms with van der Waals surface area (Å²) in [5.74, 6) is 1.33. The van der Waals surface area contributed by atoms with Gasteiger partial charge in [0.2, 0.25) is 0 Å². The van der Waals surface area contributed by atoms with Crippen molar-refractivity contribution in [2.45, 2.75) is 12.8 Å². The standard InChI is InChI=1S/C20H17BrN2O2/c21-17-8-6-14(7-9-17)19-11-18(23-25-19)15-2-1-3-16(10-15)20(24)22-12-13-4-5-13/h1-3,6-11,13H,4-5,12H2,(H,22,24). The van der Waals surface area contributed by atoms with E-state index in [1.54, 1.807) is 0 Å². The van der Waals surface area contributed by atoms with Crippen molar-refractivity contribution in [1.29, 1.82) is 0 Å². The Bertz CT molecular complexity index is 898. The van der Waals surface area contributed by atoms with E-state index in [2.05, 4.69) is 26.4 Å². The smallest absolute Gasteiger partial charge is 0.251 e. The van der Waals surface area contributed by atoms with Gasteiger partial charge in [-0.15, -0.1) is 0 Å². The van der Waals surface area contributed by atoms with Gasteiger partial charge in [0.25, 0.3) is 5.91 Å². The van der Waals surface area contributed by atoms with E-state index in [0.29, 0.717) is 17.2 Å². The summed E-state index contributed by atoms with van der Waals surface area (Å²) >= 11 is 3.42. The lowest BCUT2D eigenvalue weighted by molar-refractivity contribution is 0.0952. The molecule has 5 heteroatoms. The molecule has 0 spiro atoms. The highest BCUT2D eigenvalue weighted by molar-refractivity contribution is 9.10. The van der Waals surface area contributed by atoms with Crippen molar-refractivity contribution in [3.05, 3.63) is 64.6 Å². The maximum absolute atomic E-state index is 12.3. The average Bonchev–Trinajstić information content (AvgIpc) is 3.34. The molecule has 2 aromatic carbocycles. The molecule has 1 saturated carbocycles. The van der Waals surface area contributed by atoms with Crippen molar-refractivity contribution >= 4 is 21.8 Å². The lowest BCUT2D eigenvalue weighted by Crippen LogP contribution is -2.25. The molecule has 4 rings (SSSR count). The molecule has 1 amide bonds. The summed E-state index contributed by atoms with van der Waals surface area (Å²) in [4.78, 5) is 12.3. The number of amides is 1. The van der Waals surface area contributed by atoms with Gasteiger partial charge in [0, 0.05) is 33.8 Å². The summed E-state index contributed by atoms with van der Waals surface area (Å²) in [6, 6.07) is 17.2. The van der Waals surface area contributed by atoms with Gasteiger partial charge in [-0.1, -0.05) is 45.4 Å². The van der Waals surface area contributed by atoms with Crippen LogP contribution in [0.1, 0.15) is 23.2 Å². The summed E-state index contributed by atoms with van der Waals surface area (Å²) < 4.78 is 6.48. The zero-order chi connectivity index (χ0) is 17.2. The zero-order valence-electron chi connectivity index (χ0n) is 13.5. The molecule has 1 heterocycles. The van der Waals surface area contributed by atoms with Gasteiger partial charge in [-0.05, 0) is 43.0 Å². The van der Waals surface area contributed by atoms with E-state index >= 15 is 0 Å². The Morgan fingerprint density at radius 1 is 1.12 bits per heavy atom. The molecular formula is C20H17BrN2O2. The third kappa shape index (κ3) is 3.82. The van der Waals surface area contributed by atoms with E-state index in [9.17, 15) is 4.79 Å². The highest BCUT2D eigenvalue weighted by Crippen LogP contribution is 2.29. The quantitative estimate of drug-likeness (QED) is 0.666. The van der Waals surface area contributed by atoms with Crippen LogP contribution in [0.25, 0.3) is 22.6 Å². The Hall–Kier alpha value is -2.40. The van der Waals surface area contributed by atoms with Crippen LogP contribution in [-0.2, 0) is 0 Å². The van der Waals surface area contributed by atoms with Crippen molar-refractivity contribution in [2.75, 3.05) is 6.54 Å². The fourth-order valence-electron chi connectivity index (χ4n) is 2.64. The molecule has 1 fully saturated rings. The fraction of sp³-hybridized carbons (Fsp3) is 0.200. The zero-order valence-corrected chi connectivity index (χ0v) is 15.1. The molecule has 0 aliphatic heterocycles. The predicted octanol–water partition coefficient (Wildman–Crippen LogP) is 4.91. The molecule has 25 heavy (non-hydrogen) atoms. The second-order valence-corrected chi connectivity index (χ2v) is 7.23. The molecule has 0 bridgehead atoms. The lowest BCUT2D eigenvalue weighted by atomic mass is 10.1. The molecule has 0 radical (unpaired) electrons. The highest BCUT2D eigenvalue weighted by atomic mass is 79.9. The number of halogens is 1. The first-order valence-corrected chi connectivity index (χ1v) is 9.09. The van der Waals surface area contributed by atoms with E-state index in [1.807, 2.05) is 54.6 Å².